The van der Waals surface area contributed by atoms with E-state index in [4.69, 9.17) is 5.26 Å². The molecule has 182 valence electrons. The van der Waals surface area contributed by atoms with Crippen molar-refractivity contribution < 1.29 is 13.6 Å². The van der Waals surface area contributed by atoms with Crippen LogP contribution in [0.15, 0.2) is 30.6 Å². The molecule has 2 aromatic rings. The highest BCUT2D eigenvalue weighted by molar-refractivity contribution is 5.79. The van der Waals surface area contributed by atoms with Gasteiger partial charge >= 0.3 is 0 Å². The van der Waals surface area contributed by atoms with Crippen molar-refractivity contribution in [2.24, 2.45) is 0 Å². The Balaban J connectivity index is 1.85. The third kappa shape index (κ3) is 5.42. The molecule has 1 saturated heterocycles. The Morgan fingerprint density at radius 3 is 2.68 bits per heavy atom. The quantitative estimate of drug-likeness (QED) is 0.410. The third-order valence-corrected chi connectivity index (χ3v) is 6.22. The lowest BCUT2D eigenvalue weighted by atomic mass is 10.0. The SMILES string of the molecule is CCC1CN(C(C)c2ccc(C(F)F)cn2)CCN1/C(=C/C=O)c1nc(CC#N)cn1N(C)C. The fraction of sp³-hybridized carbons (Fsp3) is 0.500. The molecule has 10 heteroatoms. The lowest BCUT2D eigenvalue weighted by Crippen LogP contribution is -2.52. The number of aldehydes is 1. The van der Waals surface area contributed by atoms with Gasteiger partial charge in [0.1, 0.15) is 6.29 Å². The summed E-state index contributed by atoms with van der Waals surface area (Å²) in [5, 5.41) is 11.0. The maximum absolute atomic E-state index is 12.9. The maximum Gasteiger partial charge on any atom is 0.265 e. The molecule has 0 radical (unpaired) electrons. The Morgan fingerprint density at radius 2 is 2.12 bits per heavy atom. The van der Waals surface area contributed by atoms with Crippen LogP contribution in [0, 0.1) is 11.3 Å². The lowest BCUT2D eigenvalue weighted by Gasteiger charge is -2.45. The first kappa shape index (κ1) is 25.3. The lowest BCUT2D eigenvalue weighted by molar-refractivity contribution is -0.104. The van der Waals surface area contributed by atoms with Gasteiger partial charge in [0.05, 0.1) is 35.8 Å². The number of nitriles is 1. The monoisotopic (exact) mass is 471 g/mol. The number of halogens is 2. The molecular formula is C24H31F2N7O. The van der Waals surface area contributed by atoms with Crippen LogP contribution in [0.25, 0.3) is 5.70 Å². The number of alkyl halides is 2. The summed E-state index contributed by atoms with van der Waals surface area (Å²) in [4.78, 5) is 25.0. The number of hydrogen-bond acceptors (Lipinski definition) is 7. The molecule has 2 unspecified atom stereocenters. The first-order valence-electron chi connectivity index (χ1n) is 11.3. The number of piperazine rings is 1. The molecule has 8 nitrogen and oxygen atoms in total. The second-order valence-electron chi connectivity index (χ2n) is 8.51. The molecule has 0 bridgehead atoms. The molecule has 0 aromatic carbocycles. The van der Waals surface area contributed by atoms with E-state index in [1.54, 1.807) is 6.07 Å². The summed E-state index contributed by atoms with van der Waals surface area (Å²) in [6, 6.07) is 5.30. The van der Waals surface area contributed by atoms with Crippen LogP contribution < -0.4 is 5.01 Å². The number of pyridine rings is 1. The van der Waals surface area contributed by atoms with Crippen LogP contribution in [0.2, 0.25) is 0 Å². The van der Waals surface area contributed by atoms with Gasteiger partial charge in [-0.3, -0.25) is 14.7 Å². The molecule has 0 spiro atoms. The largest absolute Gasteiger partial charge is 0.363 e. The Morgan fingerprint density at radius 1 is 1.35 bits per heavy atom. The minimum atomic E-state index is -2.53. The second-order valence-corrected chi connectivity index (χ2v) is 8.51. The van der Waals surface area contributed by atoms with Gasteiger partial charge in [0.2, 0.25) is 0 Å². The normalized spacial score (nSPS) is 18.1. The summed E-state index contributed by atoms with van der Waals surface area (Å²) < 4.78 is 27.6. The van der Waals surface area contributed by atoms with Gasteiger partial charge < -0.3 is 9.91 Å². The predicted molar refractivity (Wildman–Crippen MR) is 126 cm³/mol. The van der Waals surface area contributed by atoms with Gasteiger partial charge in [-0.1, -0.05) is 6.92 Å². The average molecular weight is 472 g/mol. The Hall–Kier alpha value is -3.32. The van der Waals surface area contributed by atoms with E-state index < -0.39 is 6.43 Å². The molecule has 2 aromatic heterocycles. The summed E-state index contributed by atoms with van der Waals surface area (Å²) in [5.74, 6) is 0.617. The van der Waals surface area contributed by atoms with Gasteiger partial charge in [-0.15, -0.1) is 0 Å². The standard InChI is InChI=1S/C24H31F2N7O/c1-5-20-16-31(17(2)21-7-6-18(14-28-21)23(25)26)11-12-32(20)22(9-13-34)24-29-19(8-10-27)15-33(24)30(3)4/h6-7,9,13-15,17,20,23H,5,8,11-12,16H2,1-4H3/b22-9+. The van der Waals surface area contributed by atoms with Crippen molar-refractivity contribution >= 4 is 12.0 Å². The second kappa shape index (κ2) is 11.2. The maximum atomic E-state index is 12.9. The van der Waals surface area contributed by atoms with Gasteiger partial charge in [0.25, 0.3) is 6.43 Å². The van der Waals surface area contributed by atoms with Crippen molar-refractivity contribution in [3.63, 3.8) is 0 Å². The number of carbonyl (C=O) groups is 1. The Labute approximate surface area is 199 Å². The smallest absolute Gasteiger partial charge is 0.265 e. The zero-order chi connectivity index (χ0) is 24.8. The summed E-state index contributed by atoms with van der Waals surface area (Å²) in [6.07, 6.45) is 3.85. The van der Waals surface area contributed by atoms with E-state index in [0.717, 1.165) is 24.9 Å². The van der Waals surface area contributed by atoms with E-state index >= 15 is 0 Å². The summed E-state index contributed by atoms with van der Waals surface area (Å²) >= 11 is 0. The number of allylic oxidation sites excluding steroid dienone is 1. The van der Waals surface area contributed by atoms with Crippen LogP contribution >= 0.6 is 0 Å². The summed E-state index contributed by atoms with van der Waals surface area (Å²) in [7, 11) is 3.76. The van der Waals surface area contributed by atoms with E-state index in [1.807, 2.05) is 36.9 Å². The molecule has 0 aliphatic carbocycles. The van der Waals surface area contributed by atoms with Gasteiger partial charge in [-0.05, 0) is 25.5 Å². The summed E-state index contributed by atoms with van der Waals surface area (Å²) in [6.45, 7) is 6.21. The van der Waals surface area contributed by atoms with E-state index in [-0.39, 0.29) is 24.1 Å². The molecule has 1 aliphatic heterocycles. The molecule has 0 amide bonds. The number of imidazole rings is 1. The van der Waals surface area contributed by atoms with Crippen molar-refractivity contribution in [1.82, 2.24) is 24.4 Å². The van der Waals surface area contributed by atoms with Gasteiger partial charge in [-0.2, -0.15) is 5.26 Å². The van der Waals surface area contributed by atoms with E-state index in [2.05, 4.69) is 32.8 Å². The number of aromatic nitrogens is 3. The molecule has 1 aliphatic rings. The number of hydrogen-bond donors (Lipinski definition) is 0. The number of nitrogens with zero attached hydrogens (tertiary/aromatic N) is 7. The molecule has 3 rings (SSSR count). The van der Waals surface area contributed by atoms with Crippen molar-refractivity contribution in [2.75, 3.05) is 38.7 Å². The molecular weight excluding hydrogens is 440 g/mol. The molecule has 34 heavy (non-hydrogen) atoms. The highest BCUT2D eigenvalue weighted by atomic mass is 19.3. The van der Waals surface area contributed by atoms with Gasteiger partial charge in [0, 0.05) is 63.6 Å². The van der Waals surface area contributed by atoms with Crippen molar-refractivity contribution in [3.8, 4) is 6.07 Å². The highest BCUT2D eigenvalue weighted by Crippen LogP contribution is 2.30. The van der Waals surface area contributed by atoms with Gasteiger partial charge in [0.15, 0.2) is 5.82 Å². The van der Waals surface area contributed by atoms with Crippen LogP contribution in [0.3, 0.4) is 0 Å². The molecule has 1 fully saturated rings. The van der Waals surface area contributed by atoms with Crippen molar-refractivity contribution in [3.05, 3.63) is 53.4 Å². The van der Waals surface area contributed by atoms with Gasteiger partial charge in [-0.25, -0.2) is 18.4 Å². The summed E-state index contributed by atoms with van der Waals surface area (Å²) in [5.41, 5.74) is 2.02. The zero-order valence-corrected chi connectivity index (χ0v) is 20.0. The minimum absolute atomic E-state index is 0.0348. The van der Waals surface area contributed by atoms with Crippen LogP contribution in [0.4, 0.5) is 8.78 Å². The number of carbonyl (C=O) groups excluding carboxylic acids is 1. The molecule has 0 N–H and O–H groups in total. The minimum Gasteiger partial charge on any atom is -0.363 e. The first-order valence-corrected chi connectivity index (χ1v) is 11.3. The first-order chi connectivity index (χ1) is 16.3. The van der Waals surface area contributed by atoms with E-state index in [0.29, 0.717) is 30.3 Å². The van der Waals surface area contributed by atoms with Crippen LogP contribution in [-0.2, 0) is 11.2 Å². The molecule has 2 atom stereocenters. The Bertz CT molecular complexity index is 1040. The molecule has 3 heterocycles. The highest BCUT2D eigenvalue weighted by Gasteiger charge is 2.32. The third-order valence-electron chi connectivity index (χ3n) is 6.22. The zero-order valence-electron chi connectivity index (χ0n) is 20.0. The van der Waals surface area contributed by atoms with Crippen molar-refractivity contribution in [1.29, 1.82) is 5.26 Å². The topological polar surface area (TPSA) is 81.3 Å². The Kier molecular flexibility index (Phi) is 8.34. The van der Waals surface area contributed by atoms with Crippen LogP contribution in [0.5, 0.6) is 0 Å². The van der Waals surface area contributed by atoms with Crippen LogP contribution in [-0.4, -0.2) is 70.5 Å². The molecule has 0 saturated carbocycles. The fourth-order valence-electron chi connectivity index (χ4n) is 4.31. The van der Waals surface area contributed by atoms with Crippen LogP contribution in [0.1, 0.15) is 55.5 Å². The fourth-order valence-corrected chi connectivity index (χ4v) is 4.31. The number of rotatable bonds is 9. The van der Waals surface area contributed by atoms with Crippen molar-refractivity contribution in [2.45, 2.75) is 45.2 Å². The average Bonchev–Trinajstić information content (AvgIpc) is 3.26. The predicted octanol–water partition coefficient (Wildman–Crippen LogP) is 3.18. The van der Waals surface area contributed by atoms with E-state index in [9.17, 15) is 13.6 Å². The van der Waals surface area contributed by atoms with E-state index in [1.165, 1.54) is 18.3 Å².